The van der Waals surface area contributed by atoms with Crippen molar-refractivity contribution >= 4 is 5.91 Å². The highest BCUT2D eigenvalue weighted by Gasteiger charge is 2.38. The number of likely N-dealkylation sites (tertiary alicyclic amines) is 2. The maximum atomic E-state index is 12.6. The summed E-state index contributed by atoms with van der Waals surface area (Å²) >= 11 is 0. The second kappa shape index (κ2) is 6.36. The predicted octanol–water partition coefficient (Wildman–Crippen LogP) is 2.17. The maximum absolute atomic E-state index is 12.6. The molecule has 6 heteroatoms. The summed E-state index contributed by atoms with van der Waals surface area (Å²) in [5.74, 6) is 0.0330. The fraction of sp³-hybridized carbons (Fsp3) is 0.500. The zero-order valence-electron chi connectivity index (χ0n) is 14.0. The van der Waals surface area contributed by atoms with Crippen LogP contribution in [0, 0.1) is 0 Å². The van der Waals surface area contributed by atoms with Gasteiger partial charge in [0.05, 0.1) is 5.69 Å². The van der Waals surface area contributed by atoms with Gasteiger partial charge in [-0.1, -0.05) is 12.5 Å². The Hall–Kier alpha value is -2.21. The van der Waals surface area contributed by atoms with Gasteiger partial charge in [0.15, 0.2) is 0 Å². The first-order valence-corrected chi connectivity index (χ1v) is 8.74. The maximum Gasteiger partial charge on any atom is 0.271 e. The van der Waals surface area contributed by atoms with E-state index in [4.69, 9.17) is 0 Å². The smallest absolute Gasteiger partial charge is 0.271 e. The number of carbonyl (C=O) groups is 1. The summed E-state index contributed by atoms with van der Waals surface area (Å²) < 4.78 is 0. The number of piperidine rings is 1. The summed E-state index contributed by atoms with van der Waals surface area (Å²) in [7, 11) is 0. The number of hydrogen-bond acceptors (Lipinski definition) is 4. The van der Waals surface area contributed by atoms with Crippen LogP contribution >= 0.6 is 0 Å². The molecule has 2 aliphatic heterocycles. The van der Waals surface area contributed by atoms with Crippen LogP contribution in [0.1, 0.15) is 36.7 Å². The first kappa shape index (κ1) is 15.3. The Balaban J connectivity index is 1.38. The van der Waals surface area contributed by atoms with Crippen molar-refractivity contribution in [3.8, 4) is 11.4 Å². The average Bonchev–Trinajstić information content (AvgIpc) is 3.06. The van der Waals surface area contributed by atoms with E-state index in [0.29, 0.717) is 23.5 Å². The first-order chi connectivity index (χ1) is 11.7. The number of aromatic nitrogens is 3. The molecule has 0 bridgehead atoms. The van der Waals surface area contributed by atoms with Gasteiger partial charge in [0.2, 0.25) is 0 Å². The van der Waals surface area contributed by atoms with Crippen molar-refractivity contribution in [2.45, 2.75) is 38.3 Å². The van der Waals surface area contributed by atoms with Crippen molar-refractivity contribution < 1.29 is 4.79 Å². The van der Waals surface area contributed by atoms with Crippen LogP contribution in [0.25, 0.3) is 11.4 Å². The van der Waals surface area contributed by atoms with Gasteiger partial charge < -0.3 is 4.90 Å². The van der Waals surface area contributed by atoms with Crippen molar-refractivity contribution in [3.05, 3.63) is 36.2 Å². The van der Waals surface area contributed by atoms with Crippen LogP contribution in [0.15, 0.2) is 30.5 Å². The number of amides is 1. The van der Waals surface area contributed by atoms with Crippen LogP contribution < -0.4 is 0 Å². The number of hydrogen-bond donors (Lipinski definition) is 1. The second-order valence-electron chi connectivity index (χ2n) is 6.83. The molecule has 2 aliphatic rings. The highest BCUT2D eigenvalue weighted by Crippen LogP contribution is 2.25. The van der Waals surface area contributed by atoms with Crippen molar-refractivity contribution in [1.82, 2.24) is 25.0 Å². The summed E-state index contributed by atoms with van der Waals surface area (Å²) in [6, 6.07) is 8.62. The summed E-state index contributed by atoms with van der Waals surface area (Å²) in [5, 5.41) is 7.09. The molecule has 2 saturated heterocycles. The molecule has 0 aromatic carbocycles. The van der Waals surface area contributed by atoms with Crippen LogP contribution in [-0.2, 0) is 0 Å². The Labute approximate surface area is 141 Å². The summed E-state index contributed by atoms with van der Waals surface area (Å²) in [4.78, 5) is 21.3. The van der Waals surface area contributed by atoms with Crippen molar-refractivity contribution in [2.24, 2.45) is 0 Å². The Bertz CT molecular complexity index is 707. The molecular formula is C18H23N5O. The minimum Gasteiger partial charge on any atom is -0.334 e. The van der Waals surface area contributed by atoms with Gasteiger partial charge in [-0.2, -0.15) is 5.10 Å². The predicted molar refractivity (Wildman–Crippen MR) is 91.5 cm³/mol. The number of H-pyrrole nitrogens is 1. The molecule has 1 atom stereocenters. The van der Waals surface area contributed by atoms with E-state index in [2.05, 4.69) is 27.0 Å². The van der Waals surface area contributed by atoms with Gasteiger partial charge >= 0.3 is 0 Å². The zero-order valence-corrected chi connectivity index (χ0v) is 14.0. The molecule has 1 N–H and O–H groups in total. The fourth-order valence-electron chi connectivity index (χ4n) is 3.74. The SMILES string of the molecule is C[C@H]1CCCCN1C1CN(C(=O)c2cc(-c3ccccn3)n[nH]2)C1. The molecule has 2 aromatic rings. The molecule has 4 heterocycles. The van der Waals surface area contributed by atoms with E-state index in [-0.39, 0.29) is 5.91 Å². The Morgan fingerprint density at radius 3 is 2.88 bits per heavy atom. The molecule has 2 aromatic heterocycles. The van der Waals surface area contributed by atoms with Crippen molar-refractivity contribution in [3.63, 3.8) is 0 Å². The topological polar surface area (TPSA) is 65.1 Å². The van der Waals surface area contributed by atoms with Gasteiger partial charge in [-0.15, -0.1) is 0 Å². The van der Waals surface area contributed by atoms with Gasteiger partial charge in [0.1, 0.15) is 11.4 Å². The van der Waals surface area contributed by atoms with E-state index in [9.17, 15) is 4.79 Å². The van der Waals surface area contributed by atoms with Gasteiger partial charge in [-0.05, 0) is 44.5 Å². The fourth-order valence-corrected chi connectivity index (χ4v) is 3.74. The molecule has 0 aliphatic carbocycles. The number of nitrogens with zero attached hydrogens (tertiary/aromatic N) is 4. The van der Waals surface area contributed by atoms with E-state index in [0.717, 1.165) is 18.8 Å². The summed E-state index contributed by atoms with van der Waals surface area (Å²) in [5.41, 5.74) is 2.03. The number of pyridine rings is 1. The van der Waals surface area contributed by atoms with Gasteiger partial charge in [-0.3, -0.25) is 19.8 Å². The van der Waals surface area contributed by atoms with E-state index in [1.165, 1.54) is 25.8 Å². The van der Waals surface area contributed by atoms with E-state index >= 15 is 0 Å². The molecule has 24 heavy (non-hydrogen) atoms. The molecule has 0 saturated carbocycles. The molecule has 4 rings (SSSR count). The molecule has 0 spiro atoms. The van der Waals surface area contributed by atoms with Crippen molar-refractivity contribution in [1.29, 1.82) is 0 Å². The Morgan fingerprint density at radius 2 is 2.12 bits per heavy atom. The monoisotopic (exact) mass is 325 g/mol. The molecule has 2 fully saturated rings. The van der Waals surface area contributed by atoms with Gasteiger partial charge in [0.25, 0.3) is 5.91 Å². The van der Waals surface area contributed by atoms with E-state index in [1.54, 1.807) is 12.3 Å². The highest BCUT2D eigenvalue weighted by atomic mass is 16.2. The minimum atomic E-state index is 0.0330. The molecule has 6 nitrogen and oxygen atoms in total. The standard InChI is InChI=1S/C18H23N5O/c1-13-6-3-5-9-23(13)14-11-22(12-14)18(24)17-10-16(20-21-17)15-7-2-4-8-19-15/h2,4,7-8,10,13-14H,3,5-6,9,11-12H2,1H3,(H,20,21)/t13-/m0/s1. The number of aromatic amines is 1. The Morgan fingerprint density at radius 1 is 1.25 bits per heavy atom. The lowest BCUT2D eigenvalue weighted by Gasteiger charge is -2.49. The minimum absolute atomic E-state index is 0.0330. The first-order valence-electron chi connectivity index (χ1n) is 8.74. The van der Waals surface area contributed by atoms with Gasteiger partial charge in [0, 0.05) is 31.4 Å². The lowest BCUT2D eigenvalue weighted by atomic mass is 9.97. The average molecular weight is 325 g/mol. The van der Waals surface area contributed by atoms with Crippen LogP contribution in [0.2, 0.25) is 0 Å². The molecular weight excluding hydrogens is 302 g/mol. The summed E-state index contributed by atoms with van der Waals surface area (Å²) in [6.07, 6.45) is 5.62. The third-order valence-corrected chi connectivity index (χ3v) is 5.21. The number of rotatable bonds is 3. The third kappa shape index (κ3) is 2.82. The van der Waals surface area contributed by atoms with Gasteiger partial charge in [-0.25, -0.2) is 0 Å². The lowest BCUT2D eigenvalue weighted by Crippen LogP contribution is -2.63. The number of nitrogens with one attached hydrogen (secondary N) is 1. The largest absolute Gasteiger partial charge is 0.334 e. The normalized spacial score (nSPS) is 22.4. The van der Waals surface area contributed by atoms with Crippen LogP contribution in [0.4, 0.5) is 0 Å². The Kier molecular flexibility index (Phi) is 4.06. The second-order valence-corrected chi connectivity index (χ2v) is 6.83. The molecule has 1 amide bonds. The molecule has 126 valence electrons. The van der Waals surface area contributed by atoms with E-state index in [1.807, 2.05) is 23.1 Å². The van der Waals surface area contributed by atoms with Crippen LogP contribution in [0.3, 0.4) is 0 Å². The highest BCUT2D eigenvalue weighted by molar-refractivity contribution is 5.93. The van der Waals surface area contributed by atoms with E-state index < -0.39 is 0 Å². The van der Waals surface area contributed by atoms with Crippen LogP contribution in [-0.4, -0.2) is 62.6 Å². The quantitative estimate of drug-likeness (QED) is 0.939. The molecule has 0 radical (unpaired) electrons. The third-order valence-electron chi connectivity index (χ3n) is 5.21. The van der Waals surface area contributed by atoms with Crippen LogP contribution in [0.5, 0.6) is 0 Å². The lowest BCUT2D eigenvalue weighted by molar-refractivity contribution is 0.00181. The molecule has 0 unspecified atom stereocenters. The number of carbonyl (C=O) groups excluding carboxylic acids is 1. The summed E-state index contributed by atoms with van der Waals surface area (Å²) in [6.45, 7) is 5.11. The zero-order chi connectivity index (χ0) is 16.5. The van der Waals surface area contributed by atoms with Crippen molar-refractivity contribution in [2.75, 3.05) is 19.6 Å².